The highest BCUT2D eigenvalue weighted by Crippen LogP contribution is 2.29. The zero-order valence-electron chi connectivity index (χ0n) is 14.7. The SMILES string of the molecule is CCNC(=NCc1ccccc1CO)NCCc1nc(C(F)(F)F)cs1.I. The lowest BCUT2D eigenvalue weighted by atomic mass is 10.1. The van der Waals surface area contributed by atoms with E-state index in [4.69, 9.17) is 0 Å². The molecule has 0 aliphatic rings. The first-order chi connectivity index (χ1) is 12.4. The first-order valence-corrected chi connectivity index (χ1v) is 9.03. The second-order valence-electron chi connectivity index (χ2n) is 5.42. The summed E-state index contributed by atoms with van der Waals surface area (Å²) in [4.78, 5) is 8.06. The average Bonchev–Trinajstić information content (AvgIpc) is 3.09. The Morgan fingerprint density at radius 2 is 1.93 bits per heavy atom. The fraction of sp³-hybridized carbons (Fsp3) is 0.412. The van der Waals surface area contributed by atoms with Gasteiger partial charge in [0.1, 0.15) is 0 Å². The van der Waals surface area contributed by atoms with Crippen molar-refractivity contribution < 1.29 is 18.3 Å². The highest BCUT2D eigenvalue weighted by Gasteiger charge is 2.33. The highest BCUT2D eigenvalue weighted by molar-refractivity contribution is 14.0. The summed E-state index contributed by atoms with van der Waals surface area (Å²) < 4.78 is 37.7. The summed E-state index contributed by atoms with van der Waals surface area (Å²) in [7, 11) is 0. The lowest BCUT2D eigenvalue weighted by Gasteiger charge is -2.11. The van der Waals surface area contributed by atoms with Crippen LogP contribution in [-0.2, 0) is 25.7 Å². The molecule has 0 amide bonds. The predicted molar refractivity (Wildman–Crippen MR) is 111 cm³/mol. The van der Waals surface area contributed by atoms with Crippen LogP contribution >= 0.6 is 35.3 Å². The lowest BCUT2D eigenvalue weighted by molar-refractivity contribution is -0.140. The zero-order chi connectivity index (χ0) is 19.0. The van der Waals surface area contributed by atoms with Crippen LogP contribution in [-0.4, -0.2) is 29.1 Å². The molecule has 0 atom stereocenters. The summed E-state index contributed by atoms with van der Waals surface area (Å²) in [5.41, 5.74) is 0.884. The largest absolute Gasteiger partial charge is 0.434 e. The number of guanidine groups is 1. The van der Waals surface area contributed by atoms with E-state index in [0.717, 1.165) is 27.8 Å². The predicted octanol–water partition coefficient (Wildman–Crippen LogP) is 3.57. The van der Waals surface area contributed by atoms with Gasteiger partial charge in [-0.1, -0.05) is 24.3 Å². The van der Waals surface area contributed by atoms with E-state index in [1.54, 1.807) is 0 Å². The maximum absolute atomic E-state index is 12.6. The third kappa shape index (κ3) is 7.62. The quantitative estimate of drug-likeness (QED) is 0.300. The molecule has 0 aliphatic heterocycles. The van der Waals surface area contributed by atoms with Crippen LogP contribution in [0.25, 0.3) is 0 Å². The number of aromatic nitrogens is 1. The van der Waals surface area contributed by atoms with Gasteiger partial charge >= 0.3 is 6.18 Å². The fourth-order valence-electron chi connectivity index (χ4n) is 2.22. The van der Waals surface area contributed by atoms with Crippen LogP contribution in [0, 0.1) is 0 Å². The van der Waals surface area contributed by atoms with Gasteiger partial charge in [0.2, 0.25) is 0 Å². The Morgan fingerprint density at radius 1 is 1.22 bits per heavy atom. The topological polar surface area (TPSA) is 69.5 Å². The van der Waals surface area contributed by atoms with Gasteiger partial charge in [-0.25, -0.2) is 9.98 Å². The Balaban J connectivity index is 0.00000364. The van der Waals surface area contributed by atoms with Crippen molar-refractivity contribution in [3.63, 3.8) is 0 Å². The molecule has 2 aromatic rings. The third-order valence-electron chi connectivity index (χ3n) is 3.51. The second-order valence-corrected chi connectivity index (χ2v) is 6.37. The van der Waals surface area contributed by atoms with E-state index in [-0.39, 0.29) is 30.6 Å². The molecule has 1 aromatic heterocycles. The molecular weight excluding hydrogens is 492 g/mol. The van der Waals surface area contributed by atoms with Crippen LogP contribution in [0.1, 0.15) is 28.8 Å². The van der Waals surface area contributed by atoms with Crippen LogP contribution in [0.3, 0.4) is 0 Å². The lowest BCUT2D eigenvalue weighted by Crippen LogP contribution is -2.38. The molecule has 0 saturated carbocycles. The number of thiazole rings is 1. The number of hydrogen-bond acceptors (Lipinski definition) is 4. The number of alkyl halides is 3. The van der Waals surface area contributed by atoms with E-state index in [0.29, 0.717) is 37.0 Å². The molecule has 3 N–H and O–H groups in total. The van der Waals surface area contributed by atoms with Crippen LogP contribution in [0.5, 0.6) is 0 Å². The van der Waals surface area contributed by atoms with Gasteiger partial charge < -0.3 is 15.7 Å². The van der Waals surface area contributed by atoms with Crippen molar-refractivity contribution in [2.45, 2.75) is 32.7 Å². The zero-order valence-corrected chi connectivity index (χ0v) is 17.9. The number of nitrogens with zero attached hydrogens (tertiary/aromatic N) is 2. The summed E-state index contributed by atoms with van der Waals surface area (Å²) in [6.07, 6.45) is -4.03. The number of rotatable bonds is 7. The van der Waals surface area contributed by atoms with E-state index >= 15 is 0 Å². The van der Waals surface area contributed by atoms with Crippen molar-refractivity contribution in [3.8, 4) is 0 Å². The molecule has 10 heteroatoms. The summed E-state index contributed by atoms with van der Waals surface area (Å²) in [5.74, 6) is 0.563. The number of halogens is 4. The van der Waals surface area contributed by atoms with Crippen LogP contribution < -0.4 is 10.6 Å². The Hall–Kier alpha value is -1.40. The van der Waals surface area contributed by atoms with Gasteiger partial charge in [-0.2, -0.15) is 13.2 Å². The molecule has 1 aromatic carbocycles. The van der Waals surface area contributed by atoms with Crippen molar-refractivity contribution in [1.82, 2.24) is 15.6 Å². The van der Waals surface area contributed by atoms with E-state index < -0.39 is 11.9 Å². The highest BCUT2D eigenvalue weighted by atomic mass is 127. The molecule has 150 valence electrons. The van der Waals surface area contributed by atoms with Gasteiger partial charge in [-0.05, 0) is 18.1 Å². The van der Waals surface area contributed by atoms with Crippen molar-refractivity contribution >= 4 is 41.3 Å². The van der Waals surface area contributed by atoms with Gasteiger partial charge in [0, 0.05) is 24.9 Å². The van der Waals surface area contributed by atoms with E-state index in [1.807, 2.05) is 31.2 Å². The molecular formula is C17H22F3IN4OS. The molecule has 0 bridgehead atoms. The molecule has 27 heavy (non-hydrogen) atoms. The Morgan fingerprint density at radius 3 is 2.52 bits per heavy atom. The molecule has 1 heterocycles. The van der Waals surface area contributed by atoms with Crippen molar-refractivity contribution in [3.05, 3.63) is 51.5 Å². The number of benzene rings is 1. The molecule has 0 radical (unpaired) electrons. The van der Waals surface area contributed by atoms with E-state index in [1.165, 1.54) is 0 Å². The Labute approximate surface area is 177 Å². The average molecular weight is 514 g/mol. The van der Waals surface area contributed by atoms with E-state index in [9.17, 15) is 18.3 Å². The summed E-state index contributed by atoms with van der Waals surface area (Å²) >= 11 is 0.997. The Bertz CT molecular complexity index is 737. The second kappa shape index (κ2) is 11.4. The summed E-state index contributed by atoms with van der Waals surface area (Å²) in [5, 5.41) is 17.0. The number of aliphatic hydroxyl groups is 1. The third-order valence-corrected chi connectivity index (χ3v) is 4.42. The van der Waals surface area contributed by atoms with Gasteiger partial charge in [-0.15, -0.1) is 35.3 Å². The number of hydrogen-bond donors (Lipinski definition) is 3. The molecule has 2 rings (SSSR count). The standard InChI is InChI=1S/C17H21F3N4OS.HI/c1-2-21-16(23-9-12-5-3-4-6-13(12)10-25)22-8-7-15-24-14(11-26-15)17(18,19)20;/h3-6,11,25H,2,7-10H2,1H3,(H2,21,22,23);1H. The molecule has 0 spiro atoms. The van der Waals surface area contributed by atoms with Crippen molar-refractivity contribution in [2.75, 3.05) is 13.1 Å². The molecule has 0 saturated heterocycles. The molecule has 0 fully saturated rings. The Kier molecular flexibility index (Phi) is 10.0. The van der Waals surface area contributed by atoms with E-state index in [2.05, 4.69) is 20.6 Å². The monoisotopic (exact) mass is 514 g/mol. The smallest absolute Gasteiger partial charge is 0.392 e. The number of aliphatic hydroxyl groups excluding tert-OH is 1. The normalized spacial score (nSPS) is 11.8. The summed E-state index contributed by atoms with van der Waals surface area (Å²) in [6, 6.07) is 7.47. The minimum atomic E-state index is -4.40. The van der Waals surface area contributed by atoms with Crippen LogP contribution in [0.2, 0.25) is 0 Å². The summed E-state index contributed by atoms with van der Waals surface area (Å²) in [6.45, 7) is 3.33. The number of nitrogens with one attached hydrogen (secondary N) is 2. The van der Waals surface area contributed by atoms with Gasteiger partial charge in [0.15, 0.2) is 11.7 Å². The first-order valence-electron chi connectivity index (χ1n) is 8.15. The first kappa shape index (κ1) is 23.6. The maximum atomic E-state index is 12.6. The number of aliphatic imine (C=N–C) groups is 1. The minimum Gasteiger partial charge on any atom is -0.392 e. The molecule has 0 unspecified atom stereocenters. The fourth-order valence-corrected chi connectivity index (χ4v) is 3.02. The minimum absolute atomic E-state index is 0. The van der Waals surface area contributed by atoms with Crippen LogP contribution in [0.15, 0.2) is 34.6 Å². The van der Waals surface area contributed by atoms with Gasteiger partial charge in [0.25, 0.3) is 0 Å². The van der Waals surface area contributed by atoms with Gasteiger partial charge in [-0.3, -0.25) is 0 Å². The maximum Gasteiger partial charge on any atom is 0.434 e. The van der Waals surface area contributed by atoms with Crippen molar-refractivity contribution in [1.29, 1.82) is 0 Å². The van der Waals surface area contributed by atoms with Gasteiger partial charge in [0.05, 0.1) is 18.2 Å². The van der Waals surface area contributed by atoms with Crippen LogP contribution in [0.4, 0.5) is 13.2 Å². The molecule has 5 nitrogen and oxygen atoms in total. The molecule has 0 aliphatic carbocycles. The van der Waals surface area contributed by atoms with Crippen molar-refractivity contribution in [2.24, 2.45) is 4.99 Å².